The lowest BCUT2D eigenvalue weighted by Crippen LogP contribution is -2.27. The highest BCUT2D eigenvalue weighted by atomic mass is 19.1. The topological polar surface area (TPSA) is 51.2 Å². The highest BCUT2D eigenvalue weighted by Crippen LogP contribution is 2.27. The molecule has 0 bridgehead atoms. The summed E-state index contributed by atoms with van der Waals surface area (Å²) in [5.74, 6) is 5.79. The second-order valence-electron chi connectivity index (χ2n) is 3.81. The zero-order chi connectivity index (χ0) is 11.5. The molecular weight excluding hydrogens is 207 g/mol. The van der Waals surface area contributed by atoms with Gasteiger partial charge in [-0.1, -0.05) is 25.5 Å². The Morgan fingerprint density at radius 3 is 2.94 bits per heavy atom. The van der Waals surface area contributed by atoms with E-state index in [0.717, 1.165) is 18.2 Å². The molecule has 3 nitrogen and oxygen atoms in total. The monoisotopic (exact) mass is 222 g/mol. The van der Waals surface area contributed by atoms with Crippen LogP contribution >= 0.6 is 0 Å². The van der Waals surface area contributed by atoms with Gasteiger partial charge in [-0.25, -0.2) is 9.82 Å². The number of hydrazine groups is 1. The maximum Gasteiger partial charge on any atom is 0.169 e. The lowest BCUT2D eigenvalue weighted by molar-refractivity contribution is 0.408. The van der Waals surface area contributed by atoms with Crippen molar-refractivity contribution in [2.24, 2.45) is 5.84 Å². The van der Waals surface area contributed by atoms with E-state index >= 15 is 0 Å². The maximum absolute atomic E-state index is 13.4. The average molecular weight is 222 g/mol. The normalized spacial score (nSPS) is 13.2. The van der Waals surface area contributed by atoms with E-state index in [1.54, 1.807) is 6.07 Å². The van der Waals surface area contributed by atoms with Gasteiger partial charge in [-0.2, -0.15) is 0 Å². The van der Waals surface area contributed by atoms with Crippen molar-refractivity contribution in [3.05, 3.63) is 35.8 Å². The first-order valence-electron chi connectivity index (χ1n) is 5.40. The quantitative estimate of drug-likeness (QED) is 0.617. The van der Waals surface area contributed by atoms with Crippen LogP contribution in [0.3, 0.4) is 0 Å². The molecule has 1 aromatic carbocycles. The fourth-order valence-electron chi connectivity index (χ4n) is 1.82. The Kier molecular flexibility index (Phi) is 3.22. The number of furan rings is 1. The Bertz CT molecular complexity index is 481. The lowest BCUT2D eigenvalue weighted by atomic mass is 10.1. The van der Waals surface area contributed by atoms with Gasteiger partial charge in [0.05, 0.1) is 6.04 Å². The molecule has 1 heterocycles. The first kappa shape index (κ1) is 11.1. The summed E-state index contributed by atoms with van der Waals surface area (Å²) in [6.07, 6.45) is 1.84. The molecule has 86 valence electrons. The van der Waals surface area contributed by atoms with Crippen molar-refractivity contribution in [2.45, 2.75) is 25.8 Å². The van der Waals surface area contributed by atoms with Crippen LogP contribution in [0, 0.1) is 5.82 Å². The van der Waals surface area contributed by atoms with Crippen molar-refractivity contribution >= 4 is 11.0 Å². The molecule has 2 aromatic rings. The van der Waals surface area contributed by atoms with Gasteiger partial charge < -0.3 is 4.42 Å². The van der Waals surface area contributed by atoms with Gasteiger partial charge in [0.1, 0.15) is 5.76 Å². The summed E-state index contributed by atoms with van der Waals surface area (Å²) in [5.41, 5.74) is 2.98. The molecule has 0 aliphatic carbocycles. The largest absolute Gasteiger partial charge is 0.456 e. The SMILES string of the molecule is CCCC(NN)c1cc2cccc(F)c2o1. The molecule has 0 aliphatic rings. The Hall–Kier alpha value is -1.39. The standard InChI is InChI=1S/C12H15FN2O/c1-2-4-10(15-14)11-7-8-5-3-6-9(13)12(8)16-11/h3,5-7,10,15H,2,4,14H2,1H3. The average Bonchev–Trinajstić information content (AvgIpc) is 2.71. The van der Waals surface area contributed by atoms with E-state index in [1.165, 1.54) is 6.07 Å². The Balaban J connectivity index is 2.42. The van der Waals surface area contributed by atoms with Crippen molar-refractivity contribution in [1.82, 2.24) is 5.43 Å². The van der Waals surface area contributed by atoms with Gasteiger partial charge in [0, 0.05) is 5.39 Å². The van der Waals surface area contributed by atoms with Crippen molar-refractivity contribution in [2.75, 3.05) is 0 Å². The fourth-order valence-corrected chi connectivity index (χ4v) is 1.82. The van der Waals surface area contributed by atoms with E-state index in [0.29, 0.717) is 11.3 Å². The number of nitrogens with one attached hydrogen (secondary N) is 1. The minimum Gasteiger partial charge on any atom is -0.456 e. The van der Waals surface area contributed by atoms with Crippen molar-refractivity contribution in [3.8, 4) is 0 Å². The number of para-hydroxylation sites is 1. The van der Waals surface area contributed by atoms with Crippen molar-refractivity contribution in [1.29, 1.82) is 0 Å². The van der Waals surface area contributed by atoms with Crippen LogP contribution in [0.1, 0.15) is 31.6 Å². The van der Waals surface area contributed by atoms with Gasteiger partial charge in [-0.3, -0.25) is 5.84 Å². The van der Waals surface area contributed by atoms with Gasteiger partial charge in [0.15, 0.2) is 11.4 Å². The number of hydrogen-bond acceptors (Lipinski definition) is 3. The van der Waals surface area contributed by atoms with Crippen LogP contribution in [-0.2, 0) is 0 Å². The second kappa shape index (κ2) is 4.63. The van der Waals surface area contributed by atoms with Crippen LogP contribution in [-0.4, -0.2) is 0 Å². The molecule has 1 unspecified atom stereocenters. The van der Waals surface area contributed by atoms with Gasteiger partial charge in [0.2, 0.25) is 0 Å². The van der Waals surface area contributed by atoms with Gasteiger partial charge in [-0.15, -0.1) is 0 Å². The third-order valence-electron chi connectivity index (χ3n) is 2.64. The number of fused-ring (bicyclic) bond motifs is 1. The van der Waals surface area contributed by atoms with E-state index in [-0.39, 0.29) is 11.9 Å². The van der Waals surface area contributed by atoms with E-state index in [4.69, 9.17) is 10.3 Å². The first-order valence-corrected chi connectivity index (χ1v) is 5.40. The molecule has 0 amide bonds. The molecule has 4 heteroatoms. The van der Waals surface area contributed by atoms with Crippen LogP contribution < -0.4 is 11.3 Å². The number of benzene rings is 1. The van der Waals surface area contributed by atoms with Crippen LogP contribution in [0.25, 0.3) is 11.0 Å². The Labute approximate surface area is 93.4 Å². The zero-order valence-electron chi connectivity index (χ0n) is 9.16. The smallest absolute Gasteiger partial charge is 0.169 e. The molecule has 0 saturated carbocycles. The summed E-state index contributed by atoms with van der Waals surface area (Å²) >= 11 is 0. The molecule has 0 aliphatic heterocycles. The van der Waals surface area contributed by atoms with E-state index in [9.17, 15) is 4.39 Å². The zero-order valence-corrected chi connectivity index (χ0v) is 9.16. The first-order chi connectivity index (χ1) is 7.76. The van der Waals surface area contributed by atoms with E-state index in [1.807, 2.05) is 12.1 Å². The third kappa shape index (κ3) is 1.94. The van der Waals surface area contributed by atoms with Crippen LogP contribution in [0.5, 0.6) is 0 Å². The van der Waals surface area contributed by atoms with Crippen LogP contribution in [0.2, 0.25) is 0 Å². The molecule has 1 atom stereocenters. The predicted octanol–water partition coefficient (Wildman–Crippen LogP) is 2.88. The molecule has 0 spiro atoms. The van der Waals surface area contributed by atoms with E-state index < -0.39 is 0 Å². The van der Waals surface area contributed by atoms with Crippen molar-refractivity contribution < 1.29 is 8.81 Å². The van der Waals surface area contributed by atoms with E-state index in [2.05, 4.69) is 12.3 Å². The van der Waals surface area contributed by atoms with Crippen molar-refractivity contribution in [3.63, 3.8) is 0 Å². The molecule has 1 aromatic heterocycles. The Morgan fingerprint density at radius 2 is 2.31 bits per heavy atom. The fraction of sp³-hybridized carbons (Fsp3) is 0.333. The number of hydrogen-bond donors (Lipinski definition) is 2. The number of nitrogens with two attached hydrogens (primary N) is 1. The summed E-state index contributed by atoms with van der Waals surface area (Å²) < 4.78 is 18.9. The summed E-state index contributed by atoms with van der Waals surface area (Å²) in [4.78, 5) is 0. The highest BCUT2D eigenvalue weighted by Gasteiger charge is 2.15. The molecule has 0 radical (unpaired) electrons. The lowest BCUT2D eigenvalue weighted by Gasteiger charge is -2.10. The van der Waals surface area contributed by atoms with Gasteiger partial charge in [0.25, 0.3) is 0 Å². The summed E-state index contributed by atoms with van der Waals surface area (Å²) in [6.45, 7) is 2.06. The summed E-state index contributed by atoms with van der Waals surface area (Å²) in [7, 11) is 0. The van der Waals surface area contributed by atoms with Crippen LogP contribution in [0.4, 0.5) is 4.39 Å². The number of rotatable bonds is 4. The Morgan fingerprint density at radius 1 is 1.50 bits per heavy atom. The maximum atomic E-state index is 13.4. The molecule has 3 N–H and O–H groups in total. The minimum atomic E-state index is -0.337. The predicted molar refractivity (Wildman–Crippen MR) is 61.1 cm³/mol. The molecule has 0 fully saturated rings. The summed E-state index contributed by atoms with van der Waals surface area (Å²) in [6, 6.07) is 6.66. The highest BCUT2D eigenvalue weighted by molar-refractivity contribution is 5.78. The van der Waals surface area contributed by atoms with Gasteiger partial charge >= 0.3 is 0 Å². The molecule has 16 heavy (non-hydrogen) atoms. The summed E-state index contributed by atoms with van der Waals surface area (Å²) in [5, 5.41) is 0.770. The second-order valence-corrected chi connectivity index (χ2v) is 3.81. The minimum absolute atomic E-state index is 0.0585. The molecular formula is C12H15FN2O. The third-order valence-corrected chi connectivity index (χ3v) is 2.64. The molecule has 0 saturated heterocycles. The van der Waals surface area contributed by atoms with Crippen LogP contribution in [0.15, 0.2) is 28.7 Å². The molecule has 2 rings (SSSR count). The van der Waals surface area contributed by atoms with Gasteiger partial charge in [-0.05, 0) is 18.6 Å². The number of halogens is 1.